The van der Waals surface area contributed by atoms with Crippen LogP contribution in [0.2, 0.25) is 0 Å². The van der Waals surface area contributed by atoms with Crippen molar-refractivity contribution in [2.45, 2.75) is 12.6 Å². The number of hydrogen-bond acceptors (Lipinski definition) is 2. The lowest BCUT2D eigenvalue weighted by Crippen LogP contribution is -2.28. The number of alkyl halides is 1. The minimum absolute atomic E-state index is 0.131. The molecule has 0 bridgehead atoms. The van der Waals surface area contributed by atoms with E-state index in [4.69, 9.17) is 4.74 Å². The molecule has 4 heteroatoms. The molecule has 0 radical (unpaired) electrons. The summed E-state index contributed by atoms with van der Waals surface area (Å²) in [5, 5.41) is 3.06. The second kappa shape index (κ2) is 8.31. The van der Waals surface area contributed by atoms with Gasteiger partial charge in [-0.3, -0.25) is 4.79 Å². The number of hydrogen-bond donors (Lipinski definition) is 0. The minimum atomic E-state index is -0.758. The fourth-order valence-corrected chi connectivity index (χ4v) is 4.77. The molecule has 0 N–H and O–H groups in total. The molecule has 0 aromatic heterocycles. The van der Waals surface area contributed by atoms with Crippen LogP contribution >= 0.6 is 23.9 Å². The molecular formula is C17H18BrO2P. The highest BCUT2D eigenvalue weighted by Crippen LogP contribution is 2.39. The van der Waals surface area contributed by atoms with Gasteiger partial charge in [0.1, 0.15) is 6.61 Å². The van der Waals surface area contributed by atoms with E-state index in [1.54, 1.807) is 0 Å². The SMILES string of the molecule is CC(C(=O)OCCBr)P(c1ccccc1)c1ccccc1. The molecule has 2 aromatic rings. The highest BCUT2D eigenvalue weighted by molar-refractivity contribution is 9.09. The largest absolute Gasteiger partial charge is 0.464 e. The quantitative estimate of drug-likeness (QED) is 0.445. The van der Waals surface area contributed by atoms with Gasteiger partial charge in [-0.05, 0) is 25.5 Å². The predicted octanol–water partition coefficient (Wildman–Crippen LogP) is 3.45. The minimum Gasteiger partial charge on any atom is -0.464 e. The maximum absolute atomic E-state index is 12.3. The van der Waals surface area contributed by atoms with E-state index in [0.717, 1.165) is 0 Å². The third-order valence-electron chi connectivity index (χ3n) is 3.12. The number of rotatable bonds is 6. The molecule has 1 atom stereocenters. The van der Waals surface area contributed by atoms with Crippen LogP contribution in [-0.2, 0) is 9.53 Å². The third-order valence-corrected chi connectivity index (χ3v) is 6.14. The zero-order valence-corrected chi connectivity index (χ0v) is 14.4. The summed E-state index contributed by atoms with van der Waals surface area (Å²) in [6.07, 6.45) is 0. The van der Waals surface area contributed by atoms with Gasteiger partial charge < -0.3 is 4.74 Å². The summed E-state index contributed by atoms with van der Waals surface area (Å²) in [6, 6.07) is 20.4. The Kier molecular flexibility index (Phi) is 6.41. The first-order chi connectivity index (χ1) is 10.2. The maximum Gasteiger partial charge on any atom is 0.313 e. The zero-order chi connectivity index (χ0) is 15.1. The Balaban J connectivity index is 2.31. The van der Waals surface area contributed by atoms with E-state index in [1.807, 2.05) is 43.3 Å². The van der Waals surface area contributed by atoms with Gasteiger partial charge in [-0.1, -0.05) is 76.6 Å². The smallest absolute Gasteiger partial charge is 0.313 e. The Hall–Kier alpha value is -1.18. The summed E-state index contributed by atoms with van der Waals surface area (Å²) in [4.78, 5) is 12.3. The van der Waals surface area contributed by atoms with Gasteiger partial charge in [-0.2, -0.15) is 0 Å². The van der Waals surface area contributed by atoms with E-state index >= 15 is 0 Å². The van der Waals surface area contributed by atoms with Gasteiger partial charge in [-0.15, -0.1) is 0 Å². The molecule has 2 rings (SSSR count). The van der Waals surface area contributed by atoms with E-state index < -0.39 is 7.92 Å². The maximum atomic E-state index is 12.3. The fourth-order valence-electron chi connectivity index (χ4n) is 2.14. The van der Waals surface area contributed by atoms with Gasteiger partial charge in [0.25, 0.3) is 0 Å². The first kappa shape index (κ1) is 16.2. The molecule has 0 aliphatic heterocycles. The van der Waals surface area contributed by atoms with Gasteiger partial charge in [0, 0.05) is 5.33 Å². The standard InChI is InChI=1S/C17H18BrO2P/c1-14(17(19)20-13-12-18)21(15-8-4-2-5-9-15)16-10-6-3-7-11-16/h2-11,14H,12-13H2,1H3. The molecule has 0 aliphatic carbocycles. The molecule has 110 valence electrons. The second-order valence-electron chi connectivity index (χ2n) is 4.57. The summed E-state index contributed by atoms with van der Waals surface area (Å²) in [5.41, 5.74) is -0.163. The number of benzene rings is 2. The van der Waals surface area contributed by atoms with Crippen molar-refractivity contribution in [1.29, 1.82) is 0 Å². The van der Waals surface area contributed by atoms with E-state index in [1.165, 1.54) is 10.6 Å². The van der Waals surface area contributed by atoms with Crippen molar-refractivity contribution in [3.63, 3.8) is 0 Å². The van der Waals surface area contributed by atoms with E-state index in [9.17, 15) is 4.79 Å². The van der Waals surface area contributed by atoms with Crippen LogP contribution in [0.25, 0.3) is 0 Å². The monoisotopic (exact) mass is 364 g/mol. The molecule has 21 heavy (non-hydrogen) atoms. The van der Waals surface area contributed by atoms with Crippen LogP contribution in [-0.4, -0.2) is 23.6 Å². The number of carbonyl (C=O) groups excluding carboxylic acids is 1. The van der Waals surface area contributed by atoms with E-state index in [0.29, 0.717) is 11.9 Å². The highest BCUT2D eigenvalue weighted by atomic mass is 79.9. The average Bonchev–Trinajstić information content (AvgIpc) is 2.54. The summed E-state index contributed by atoms with van der Waals surface area (Å²) in [7, 11) is -0.758. The van der Waals surface area contributed by atoms with Gasteiger partial charge in [0.15, 0.2) is 0 Å². The Labute approximate surface area is 135 Å². The highest BCUT2D eigenvalue weighted by Gasteiger charge is 2.27. The van der Waals surface area contributed by atoms with Crippen molar-refractivity contribution in [3.8, 4) is 0 Å². The van der Waals surface area contributed by atoms with E-state index in [2.05, 4.69) is 40.2 Å². The Morgan fingerprint density at radius 3 is 1.95 bits per heavy atom. The second-order valence-corrected chi connectivity index (χ2v) is 7.91. The molecular weight excluding hydrogens is 347 g/mol. The first-order valence-electron chi connectivity index (χ1n) is 6.86. The van der Waals surface area contributed by atoms with E-state index in [-0.39, 0.29) is 11.6 Å². The molecule has 0 spiro atoms. The van der Waals surface area contributed by atoms with Crippen molar-refractivity contribution < 1.29 is 9.53 Å². The van der Waals surface area contributed by atoms with Crippen molar-refractivity contribution >= 4 is 40.4 Å². The van der Waals surface area contributed by atoms with Crippen molar-refractivity contribution in [2.24, 2.45) is 0 Å². The summed E-state index contributed by atoms with van der Waals surface area (Å²) in [5.74, 6) is -0.131. The van der Waals surface area contributed by atoms with Gasteiger partial charge in [0.05, 0.1) is 5.66 Å². The predicted molar refractivity (Wildman–Crippen MR) is 93.3 cm³/mol. The van der Waals surface area contributed by atoms with Crippen LogP contribution < -0.4 is 10.6 Å². The molecule has 1 unspecified atom stereocenters. The molecule has 2 nitrogen and oxygen atoms in total. The van der Waals surface area contributed by atoms with Crippen molar-refractivity contribution in [1.82, 2.24) is 0 Å². The molecule has 0 saturated carbocycles. The van der Waals surface area contributed by atoms with Crippen LogP contribution in [0, 0.1) is 0 Å². The molecule has 0 saturated heterocycles. The molecule has 0 heterocycles. The van der Waals surface area contributed by atoms with Crippen molar-refractivity contribution in [3.05, 3.63) is 60.7 Å². The van der Waals surface area contributed by atoms with Gasteiger partial charge in [-0.25, -0.2) is 0 Å². The van der Waals surface area contributed by atoms with Crippen LogP contribution in [0.5, 0.6) is 0 Å². The molecule has 0 amide bonds. The Morgan fingerprint density at radius 1 is 1.05 bits per heavy atom. The lowest BCUT2D eigenvalue weighted by atomic mass is 10.4. The normalized spacial score (nSPS) is 12.1. The molecule has 2 aromatic carbocycles. The van der Waals surface area contributed by atoms with Gasteiger partial charge in [0.2, 0.25) is 0 Å². The lowest BCUT2D eigenvalue weighted by molar-refractivity contribution is -0.142. The number of halogens is 1. The summed E-state index contributed by atoms with van der Waals surface area (Å²) >= 11 is 3.28. The number of carbonyl (C=O) groups is 1. The zero-order valence-electron chi connectivity index (χ0n) is 11.9. The van der Waals surface area contributed by atoms with Gasteiger partial charge >= 0.3 is 5.97 Å². The third kappa shape index (κ3) is 4.39. The van der Waals surface area contributed by atoms with Crippen LogP contribution in [0.1, 0.15) is 6.92 Å². The van der Waals surface area contributed by atoms with Crippen LogP contribution in [0.4, 0.5) is 0 Å². The Bertz CT molecular complexity index is 520. The van der Waals surface area contributed by atoms with Crippen LogP contribution in [0.15, 0.2) is 60.7 Å². The summed E-state index contributed by atoms with van der Waals surface area (Å²) < 4.78 is 5.31. The number of esters is 1. The molecule has 0 aliphatic rings. The Morgan fingerprint density at radius 2 is 1.52 bits per heavy atom. The topological polar surface area (TPSA) is 26.3 Å². The van der Waals surface area contributed by atoms with Crippen LogP contribution in [0.3, 0.4) is 0 Å². The molecule has 0 fully saturated rings. The first-order valence-corrected chi connectivity index (χ1v) is 9.39. The average molecular weight is 365 g/mol. The number of ether oxygens (including phenoxy) is 1. The van der Waals surface area contributed by atoms with Crippen molar-refractivity contribution in [2.75, 3.05) is 11.9 Å². The fraction of sp³-hybridized carbons (Fsp3) is 0.235. The lowest BCUT2D eigenvalue weighted by Gasteiger charge is -2.24. The summed E-state index contributed by atoms with van der Waals surface area (Å²) in [6.45, 7) is 2.37.